The lowest BCUT2D eigenvalue weighted by Gasteiger charge is -2.19. The van der Waals surface area contributed by atoms with Gasteiger partial charge in [-0.15, -0.1) is 12.4 Å². The van der Waals surface area contributed by atoms with Gasteiger partial charge < -0.3 is 14.4 Å². The van der Waals surface area contributed by atoms with E-state index in [-0.39, 0.29) is 18.8 Å². The van der Waals surface area contributed by atoms with Gasteiger partial charge in [0.25, 0.3) is 5.89 Å². The molecule has 0 amide bonds. The number of halogens is 1. The van der Waals surface area contributed by atoms with Gasteiger partial charge in [-0.05, 0) is 59.5 Å². The van der Waals surface area contributed by atoms with E-state index in [4.69, 9.17) is 14.4 Å². The van der Waals surface area contributed by atoms with E-state index in [0.29, 0.717) is 31.4 Å². The number of aliphatic carboxylic acids is 1. The Morgan fingerprint density at radius 1 is 1.03 bits per heavy atom. The number of methoxy groups -OCH3 is 1. The molecule has 1 N–H and O–H groups in total. The van der Waals surface area contributed by atoms with Crippen molar-refractivity contribution in [3.05, 3.63) is 83.4 Å². The summed E-state index contributed by atoms with van der Waals surface area (Å²) in [6.45, 7) is 6.53. The minimum Gasteiger partial charge on any atom is -0.481 e. The Labute approximate surface area is 223 Å². The zero-order chi connectivity index (χ0) is 25.5. The first kappa shape index (κ1) is 28.1. The summed E-state index contributed by atoms with van der Waals surface area (Å²) in [6, 6.07) is 22.4. The molecule has 4 aromatic rings. The zero-order valence-electron chi connectivity index (χ0n) is 21.3. The summed E-state index contributed by atoms with van der Waals surface area (Å²) in [5.74, 6) is 0.166. The van der Waals surface area contributed by atoms with E-state index < -0.39 is 5.97 Å². The molecule has 37 heavy (non-hydrogen) atoms. The Hall–Kier alpha value is -3.52. The topological polar surface area (TPSA) is 88.7 Å². The standard InChI is InChI=1S/C29H31N3O4.ClH/c1-4-32(15-14-27(33)34)18-21-9-7-10-22(16-21)28-30-29(36-31-28)23-12-13-26(24(17-23)19-35-3)25-11-6-5-8-20(25)2;/h5-13,16-17H,4,14-15,18-19H2,1-3H3,(H,33,34);1H. The fourth-order valence-corrected chi connectivity index (χ4v) is 4.27. The van der Waals surface area contributed by atoms with Crippen LogP contribution in [0, 0.1) is 6.92 Å². The van der Waals surface area contributed by atoms with Crippen LogP contribution in [0.4, 0.5) is 0 Å². The third-order valence-electron chi connectivity index (χ3n) is 6.19. The first-order chi connectivity index (χ1) is 17.5. The van der Waals surface area contributed by atoms with Crippen LogP contribution in [0.2, 0.25) is 0 Å². The van der Waals surface area contributed by atoms with Gasteiger partial charge in [0.2, 0.25) is 5.82 Å². The van der Waals surface area contributed by atoms with E-state index in [9.17, 15) is 4.79 Å². The molecule has 1 heterocycles. The molecule has 0 aliphatic carbocycles. The third kappa shape index (κ3) is 7.04. The van der Waals surface area contributed by atoms with Crippen LogP contribution >= 0.6 is 12.4 Å². The molecular weight excluding hydrogens is 490 g/mol. The molecule has 0 unspecified atom stereocenters. The number of aryl methyl sites for hydroxylation is 1. The van der Waals surface area contributed by atoms with E-state index in [1.54, 1.807) is 7.11 Å². The summed E-state index contributed by atoms with van der Waals surface area (Å²) in [5.41, 5.74) is 7.29. The largest absolute Gasteiger partial charge is 0.481 e. The smallest absolute Gasteiger partial charge is 0.304 e. The van der Waals surface area contributed by atoms with E-state index >= 15 is 0 Å². The fraction of sp³-hybridized carbons (Fsp3) is 0.276. The van der Waals surface area contributed by atoms with Gasteiger partial charge in [0, 0.05) is 31.3 Å². The summed E-state index contributed by atoms with van der Waals surface area (Å²) in [7, 11) is 1.69. The van der Waals surface area contributed by atoms with Crippen LogP contribution in [0.5, 0.6) is 0 Å². The van der Waals surface area contributed by atoms with Gasteiger partial charge in [0.15, 0.2) is 0 Å². The van der Waals surface area contributed by atoms with E-state index in [1.807, 2.05) is 55.5 Å². The molecule has 0 bridgehead atoms. The molecule has 0 atom stereocenters. The van der Waals surface area contributed by atoms with Crippen LogP contribution in [0.3, 0.4) is 0 Å². The molecule has 0 fully saturated rings. The second-order valence-electron chi connectivity index (χ2n) is 8.76. The average molecular weight is 522 g/mol. The van der Waals surface area contributed by atoms with Crippen LogP contribution in [0.25, 0.3) is 34.0 Å². The lowest BCUT2D eigenvalue weighted by atomic mass is 9.94. The van der Waals surface area contributed by atoms with Crippen LogP contribution in [0.15, 0.2) is 71.3 Å². The van der Waals surface area contributed by atoms with Crippen molar-refractivity contribution in [3.8, 4) is 34.0 Å². The van der Waals surface area contributed by atoms with Crippen molar-refractivity contribution < 1.29 is 19.2 Å². The second kappa shape index (κ2) is 13.1. The predicted octanol–water partition coefficient (Wildman–Crippen LogP) is 6.24. The minimum atomic E-state index is -0.790. The summed E-state index contributed by atoms with van der Waals surface area (Å²) >= 11 is 0. The molecule has 7 nitrogen and oxygen atoms in total. The number of hydrogen-bond acceptors (Lipinski definition) is 6. The monoisotopic (exact) mass is 521 g/mol. The van der Waals surface area contributed by atoms with E-state index in [1.165, 1.54) is 11.1 Å². The van der Waals surface area contributed by atoms with Crippen LogP contribution in [-0.4, -0.2) is 46.3 Å². The van der Waals surface area contributed by atoms with Crippen molar-refractivity contribution in [3.63, 3.8) is 0 Å². The zero-order valence-corrected chi connectivity index (χ0v) is 22.1. The summed E-state index contributed by atoms with van der Waals surface area (Å²) in [4.78, 5) is 17.7. The number of benzene rings is 3. The summed E-state index contributed by atoms with van der Waals surface area (Å²) in [5, 5.41) is 13.2. The molecule has 0 saturated heterocycles. The lowest BCUT2D eigenvalue weighted by Crippen LogP contribution is -2.25. The minimum absolute atomic E-state index is 0. The molecule has 8 heteroatoms. The Kier molecular flexibility index (Phi) is 9.97. The summed E-state index contributed by atoms with van der Waals surface area (Å²) < 4.78 is 11.1. The predicted molar refractivity (Wildman–Crippen MR) is 147 cm³/mol. The maximum atomic E-state index is 10.9. The molecule has 1 aromatic heterocycles. The molecule has 0 saturated carbocycles. The number of aromatic nitrogens is 2. The number of nitrogens with zero attached hydrogens (tertiary/aromatic N) is 3. The molecular formula is C29H32ClN3O4. The number of carboxylic acids is 1. The van der Waals surface area contributed by atoms with E-state index in [0.717, 1.165) is 34.4 Å². The molecule has 0 spiro atoms. The number of carboxylic acid groups (broad SMARTS) is 1. The normalized spacial score (nSPS) is 10.9. The van der Waals surface area contributed by atoms with Gasteiger partial charge in [-0.1, -0.05) is 60.6 Å². The number of ether oxygens (including phenoxy) is 1. The molecule has 194 valence electrons. The molecule has 0 aliphatic rings. The van der Waals surface area contributed by atoms with Crippen molar-refractivity contribution >= 4 is 18.4 Å². The van der Waals surface area contributed by atoms with Crippen molar-refractivity contribution in [2.45, 2.75) is 33.4 Å². The van der Waals surface area contributed by atoms with Crippen molar-refractivity contribution in [1.82, 2.24) is 15.0 Å². The van der Waals surface area contributed by atoms with Gasteiger partial charge in [0.1, 0.15) is 0 Å². The van der Waals surface area contributed by atoms with Crippen molar-refractivity contribution in [2.75, 3.05) is 20.2 Å². The highest BCUT2D eigenvalue weighted by Crippen LogP contribution is 2.31. The van der Waals surface area contributed by atoms with Crippen LogP contribution in [-0.2, 0) is 22.7 Å². The second-order valence-corrected chi connectivity index (χ2v) is 8.76. The highest BCUT2D eigenvalue weighted by atomic mass is 35.5. The fourth-order valence-electron chi connectivity index (χ4n) is 4.27. The SMILES string of the molecule is CCN(CCC(=O)O)Cc1cccc(-c2noc(-c3ccc(-c4ccccc4C)c(COC)c3)n2)c1.Cl. The molecule has 0 radical (unpaired) electrons. The van der Waals surface area contributed by atoms with Gasteiger partial charge in [-0.3, -0.25) is 9.69 Å². The molecule has 4 rings (SSSR count). The first-order valence-corrected chi connectivity index (χ1v) is 12.0. The third-order valence-corrected chi connectivity index (χ3v) is 6.19. The average Bonchev–Trinajstić information content (AvgIpc) is 3.38. The number of carbonyl (C=O) groups is 1. The maximum absolute atomic E-state index is 10.9. The Morgan fingerprint density at radius 2 is 1.84 bits per heavy atom. The van der Waals surface area contributed by atoms with Gasteiger partial charge in [-0.2, -0.15) is 4.98 Å². The summed E-state index contributed by atoms with van der Waals surface area (Å²) in [6.07, 6.45) is 0.120. The lowest BCUT2D eigenvalue weighted by molar-refractivity contribution is -0.137. The van der Waals surface area contributed by atoms with Crippen molar-refractivity contribution in [1.29, 1.82) is 0 Å². The van der Waals surface area contributed by atoms with Gasteiger partial charge in [0.05, 0.1) is 13.0 Å². The van der Waals surface area contributed by atoms with Crippen LogP contribution < -0.4 is 0 Å². The first-order valence-electron chi connectivity index (χ1n) is 12.0. The Bertz CT molecular complexity index is 1340. The van der Waals surface area contributed by atoms with E-state index in [2.05, 4.69) is 40.2 Å². The van der Waals surface area contributed by atoms with Crippen molar-refractivity contribution in [2.24, 2.45) is 0 Å². The van der Waals surface area contributed by atoms with Gasteiger partial charge >= 0.3 is 5.97 Å². The Balaban J connectivity index is 0.00000380. The highest BCUT2D eigenvalue weighted by Gasteiger charge is 2.15. The quantitative estimate of drug-likeness (QED) is 0.250. The maximum Gasteiger partial charge on any atom is 0.304 e. The van der Waals surface area contributed by atoms with Gasteiger partial charge in [-0.25, -0.2) is 0 Å². The highest BCUT2D eigenvalue weighted by molar-refractivity contribution is 5.85. The Morgan fingerprint density at radius 3 is 2.57 bits per heavy atom. The number of hydrogen-bond donors (Lipinski definition) is 1. The molecule has 0 aliphatic heterocycles. The number of rotatable bonds is 11. The molecule has 3 aromatic carbocycles. The van der Waals surface area contributed by atoms with Crippen LogP contribution in [0.1, 0.15) is 30.0 Å².